The standard InChI is InChI=1S/C20H24N2O3/c1-2-11-24-17-7-5-6-16(13-17)14-21-20(23)15-22-10-12-25-19-9-4-3-8-18(19)22/h3-9,13H,2,10-12,14-15H2,1H3,(H,21,23). The van der Waals surface area contributed by atoms with Gasteiger partial charge in [-0.15, -0.1) is 0 Å². The van der Waals surface area contributed by atoms with Gasteiger partial charge in [-0.3, -0.25) is 4.79 Å². The number of amides is 1. The third-order valence-corrected chi connectivity index (χ3v) is 4.02. The number of para-hydroxylation sites is 2. The van der Waals surface area contributed by atoms with Gasteiger partial charge < -0.3 is 19.7 Å². The molecule has 5 nitrogen and oxygen atoms in total. The molecule has 0 spiro atoms. The van der Waals surface area contributed by atoms with Gasteiger partial charge >= 0.3 is 0 Å². The molecule has 1 heterocycles. The van der Waals surface area contributed by atoms with Gasteiger partial charge in [0, 0.05) is 6.54 Å². The zero-order valence-electron chi connectivity index (χ0n) is 14.5. The third kappa shape index (κ3) is 4.66. The van der Waals surface area contributed by atoms with E-state index in [1.165, 1.54) is 0 Å². The number of benzene rings is 2. The average Bonchev–Trinajstić information content (AvgIpc) is 2.65. The second-order valence-corrected chi connectivity index (χ2v) is 6.01. The van der Waals surface area contributed by atoms with Crippen molar-refractivity contribution in [2.45, 2.75) is 19.9 Å². The number of carbonyl (C=O) groups is 1. The van der Waals surface area contributed by atoms with Crippen LogP contribution in [0.3, 0.4) is 0 Å². The first kappa shape index (κ1) is 17.1. The molecule has 0 aromatic heterocycles. The topological polar surface area (TPSA) is 50.8 Å². The summed E-state index contributed by atoms with van der Waals surface area (Å²) in [5.74, 6) is 1.68. The molecule has 5 heteroatoms. The van der Waals surface area contributed by atoms with Crippen LogP contribution in [0.4, 0.5) is 5.69 Å². The highest BCUT2D eigenvalue weighted by atomic mass is 16.5. The highest BCUT2D eigenvalue weighted by molar-refractivity contribution is 5.82. The van der Waals surface area contributed by atoms with Crippen LogP contribution in [0.1, 0.15) is 18.9 Å². The molecule has 2 aromatic carbocycles. The van der Waals surface area contributed by atoms with E-state index in [1.54, 1.807) is 0 Å². The predicted molar refractivity (Wildman–Crippen MR) is 98.2 cm³/mol. The molecule has 132 valence electrons. The Labute approximate surface area is 148 Å². The van der Waals surface area contributed by atoms with Crippen molar-refractivity contribution in [1.29, 1.82) is 0 Å². The molecule has 0 atom stereocenters. The number of nitrogens with zero attached hydrogens (tertiary/aromatic N) is 1. The summed E-state index contributed by atoms with van der Waals surface area (Å²) in [5.41, 5.74) is 2.00. The van der Waals surface area contributed by atoms with Gasteiger partial charge in [-0.2, -0.15) is 0 Å². The van der Waals surface area contributed by atoms with Crippen LogP contribution in [-0.2, 0) is 11.3 Å². The fourth-order valence-electron chi connectivity index (χ4n) is 2.79. The van der Waals surface area contributed by atoms with E-state index in [4.69, 9.17) is 9.47 Å². The van der Waals surface area contributed by atoms with Crippen molar-refractivity contribution in [1.82, 2.24) is 5.32 Å². The second kappa shape index (κ2) is 8.42. The van der Waals surface area contributed by atoms with E-state index in [0.29, 0.717) is 32.8 Å². The number of carbonyl (C=O) groups excluding carboxylic acids is 1. The Kier molecular flexibility index (Phi) is 5.77. The largest absolute Gasteiger partial charge is 0.494 e. The summed E-state index contributed by atoms with van der Waals surface area (Å²) < 4.78 is 11.3. The van der Waals surface area contributed by atoms with Crippen molar-refractivity contribution in [3.8, 4) is 11.5 Å². The molecule has 0 bridgehead atoms. The smallest absolute Gasteiger partial charge is 0.239 e. The average molecular weight is 340 g/mol. The fraction of sp³-hybridized carbons (Fsp3) is 0.350. The van der Waals surface area contributed by atoms with Gasteiger partial charge in [-0.05, 0) is 36.2 Å². The van der Waals surface area contributed by atoms with Gasteiger partial charge in [0.1, 0.15) is 18.1 Å². The normalized spacial score (nSPS) is 12.9. The van der Waals surface area contributed by atoms with Gasteiger partial charge in [0.25, 0.3) is 0 Å². The molecule has 1 aliphatic heterocycles. The number of hydrogen-bond donors (Lipinski definition) is 1. The van der Waals surface area contributed by atoms with Gasteiger partial charge in [-0.1, -0.05) is 31.2 Å². The monoisotopic (exact) mass is 340 g/mol. The van der Waals surface area contributed by atoms with Crippen LogP contribution in [0.15, 0.2) is 48.5 Å². The summed E-state index contributed by atoms with van der Waals surface area (Å²) in [6.45, 7) is 4.91. The van der Waals surface area contributed by atoms with E-state index in [2.05, 4.69) is 17.1 Å². The Bertz CT molecular complexity index is 718. The summed E-state index contributed by atoms with van der Waals surface area (Å²) in [6, 6.07) is 15.7. The SMILES string of the molecule is CCCOc1cccc(CNC(=O)CN2CCOc3ccccc32)c1. The molecule has 0 aliphatic carbocycles. The maximum Gasteiger partial charge on any atom is 0.239 e. The molecule has 0 saturated heterocycles. The minimum absolute atomic E-state index is 0.00316. The lowest BCUT2D eigenvalue weighted by molar-refractivity contribution is -0.120. The van der Waals surface area contributed by atoms with Crippen LogP contribution in [-0.4, -0.2) is 32.2 Å². The van der Waals surface area contributed by atoms with Crippen LogP contribution in [0.25, 0.3) is 0 Å². The first-order valence-corrected chi connectivity index (χ1v) is 8.71. The lowest BCUT2D eigenvalue weighted by Gasteiger charge is -2.30. The summed E-state index contributed by atoms with van der Waals surface area (Å²) in [7, 11) is 0. The van der Waals surface area contributed by atoms with Gasteiger partial charge in [-0.25, -0.2) is 0 Å². The zero-order valence-corrected chi connectivity index (χ0v) is 14.5. The number of hydrogen-bond acceptors (Lipinski definition) is 4. The van der Waals surface area contributed by atoms with Crippen LogP contribution in [0, 0.1) is 0 Å². The Hall–Kier alpha value is -2.69. The summed E-state index contributed by atoms with van der Waals surface area (Å²) in [6.07, 6.45) is 0.974. The van der Waals surface area contributed by atoms with Crippen LogP contribution < -0.4 is 19.7 Å². The molecule has 2 aromatic rings. The maximum atomic E-state index is 12.3. The number of ether oxygens (including phenoxy) is 2. The molecule has 3 rings (SSSR count). The summed E-state index contributed by atoms with van der Waals surface area (Å²) in [4.78, 5) is 14.4. The minimum atomic E-state index is -0.00316. The molecule has 1 N–H and O–H groups in total. The van der Waals surface area contributed by atoms with E-state index >= 15 is 0 Å². The predicted octanol–water partition coefficient (Wildman–Crippen LogP) is 2.99. The minimum Gasteiger partial charge on any atom is -0.494 e. The van der Waals surface area contributed by atoms with Gasteiger partial charge in [0.05, 0.1) is 25.4 Å². The van der Waals surface area contributed by atoms with Crippen molar-refractivity contribution < 1.29 is 14.3 Å². The van der Waals surface area contributed by atoms with E-state index in [9.17, 15) is 4.79 Å². The number of anilines is 1. The van der Waals surface area contributed by atoms with Crippen molar-refractivity contribution in [2.75, 3.05) is 31.2 Å². The molecule has 0 fully saturated rings. The van der Waals surface area contributed by atoms with Gasteiger partial charge in [0.15, 0.2) is 0 Å². The Morgan fingerprint density at radius 3 is 3.00 bits per heavy atom. The van der Waals surface area contributed by atoms with Crippen molar-refractivity contribution >= 4 is 11.6 Å². The number of fused-ring (bicyclic) bond motifs is 1. The van der Waals surface area contributed by atoms with E-state index in [1.807, 2.05) is 48.5 Å². The van der Waals surface area contributed by atoms with E-state index < -0.39 is 0 Å². The van der Waals surface area contributed by atoms with Crippen molar-refractivity contribution in [3.63, 3.8) is 0 Å². The third-order valence-electron chi connectivity index (χ3n) is 4.02. The molecule has 0 unspecified atom stereocenters. The summed E-state index contributed by atoms with van der Waals surface area (Å²) in [5, 5.41) is 2.98. The highest BCUT2D eigenvalue weighted by Crippen LogP contribution is 2.30. The molecule has 1 amide bonds. The van der Waals surface area contributed by atoms with Gasteiger partial charge in [0.2, 0.25) is 5.91 Å². The van der Waals surface area contributed by atoms with Crippen LogP contribution in [0.5, 0.6) is 11.5 Å². The molecule has 1 aliphatic rings. The van der Waals surface area contributed by atoms with E-state index in [0.717, 1.165) is 29.2 Å². The Balaban J connectivity index is 1.54. The highest BCUT2D eigenvalue weighted by Gasteiger charge is 2.19. The lowest BCUT2D eigenvalue weighted by atomic mass is 10.2. The van der Waals surface area contributed by atoms with Crippen LogP contribution in [0.2, 0.25) is 0 Å². The lowest BCUT2D eigenvalue weighted by Crippen LogP contribution is -2.41. The second-order valence-electron chi connectivity index (χ2n) is 6.01. The zero-order chi connectivity index (χ0) is 17.5. The first-order valence-electron chi connectivity index (χ1n) is 8.71. The van der Waals surface area contributed by atoms with Crippen molar-refractivity contribution in [3.05, 3.63) is 54.1 Å². The molecule has 0 saturated carbocycles. The Morgan fingerprint density at radius 1 is 1.24 bits per heavy atom. The van der Waals surface area contributed by atoms with E-state index in [-0.39, 0.29) is 5.91 Å². The quantitative estimate of drug-likeness (QED) is 0.842. The number of nitrogens with one attached hydrogen (secondary N) is 1. The molecule has 0 radical (unpaired) electrons. The first-order chi connectivity index (χ1) is 12.3. The molecule has 25 heavy (non-hydrogen) atoms. The maximum absolute atomic E-state index is 12.3. The summed E-state index contributed by atoms with van der Waals surface area (Å²) >= 11 is 0. The number of rotatable bonds is 7. The Morgan fingerprint density at radius 2 is 2.12 bits per heavy atom. The van der Waals surface area contributed by atoms with Crippen molar-refractivity contribution in [2.24, 2.45) is 0 Å². The molecular weight excluding hydrogens is 316 g/mol. The fourth-order valence-corrected chi connectivity index (χ4v) is 2.79. The van der Waals surface area contributed by atoms with Crippen LogP contribution >= 0.6 is 0 Å². The molecular formula is C20H24N2O3.